The van der Waals surface area contributed by atoms with Crippen molar-refractivity contribution in [1.29, 1.82) is 5.26 Å². The summed E-state index contributed by atoms with van der Waals surface area (Å²) in [4.78, 5) is 0. The minimum absolute atomic E-state index is 0.321. The van der Waals surface area contributed by atoms with Crippen LogP contribution < -0.4 is 0 Å². The normalized spacial score (nSPS) is 27.4. The van der Waals surface area contributed by atoms with Gasteiger partial charge in [-0.25, -0.2) is 0 Å². The van der Waals surface area contributed by atoms with Gasteiger partial charge in [0.25, 0.3) is 0 Å². The van der Waals surface area contributed by atoms with Crippen LogP contribution in [0.25, 0.3) is 0 Å². The Bertz CT molecular complexity index is 209. The molecule has 0 aromatic rings. The number of hydrogen-bond acceptors (Lipinski definition) is 2. The van der Waals surface area contributed by atoms with E-state index >= 15 is 0 Å². The molecule has 2 heteroatoms. The van der Waals surface area contributed by atoms with Crippen LogP contribution in [0.3, 0.4) is 0 Å². The lowest BCUT2D eigenvalue weighted by Gasteiger charge is -2.29. The molecule has 1 saturated heterocycles. The molecule has 0 amide bonds. The van der Waals surface area contributed by atoms with Gasteiger partial charge in [-0.05, 0) is 37.5 Å². The highest BCUT2D eigenvalue weighted by Crippen LogP contribution is 2.38. The molecule has 0 aromatic carbocycles. The summed E-state index contributed by atoms with van der Waals surface area (Å²) in [5, 5.41) is 9.25. The third-order valence-electron chi connectivity index (χ3n) is 3.83. The summed E-state index contributed by atoms with van der Waals surface area (Å²) < 4.78 is 5.35. The molecule has 1 unspecified atom stereocenters. The summed E-state index contributed by atoms with van der Waals surface area (Å²) in [5.74, 6) is 1.64. The quantitative estimate of drug-likeness (QED) is 0.675. The summed E-state index contributed by atoms with van der Waals surface area (Å²) in [6.45, 7) is 1.74. The lowest BCUT2D eigenvalue weighted by Crippen LogP contribution is -2.26. The van der Waals surface area contributed by atoms with E-state index < -0.39 is 0 Å². The van der Waals surface area contributed by atoms with E-state index in [0.717, 1.165) is 26.1 Å². The molecule has 0 aromatic heterocycles. The highest BCUT2D eigenvalue weighted by atomic mass is 16.5. The average molecular weight is 193 g/mol. The average Bonchev–Trinajstić information content (AvgIpc) is 2.74. The van der Waals surface area contributed by atoms with Gasteiger partial charge in [0.1, 0.15) is 0 Å². The molecular formula is C12H19NO. The highest BCUT2D eigenvalue weighted by Gasteiger charge is 2.32. The van der Waals surface area contributed by atoms with E-state index in [2.05, 4.69) is 6.07 Å². The second kappa shape index (κ2) is 4.79. The molecule has 0 N–H and O–H groups in total. The van der Waals surface area contributed by atoms with Crippen LogP contribution in [0.2, 0.25) is 0 Å². The maximum absolute atomic E-state index is 9.25. The molecule has 1 saturated carbocycles. The highest BCUT2D eigenvalue weighted by molar-refractivity contribution is 4.94. The lowest BCUT2D eigenvalue weighted by molar-refractivity contribution is 0.0460. The van der Waals surface area contributed by atoms with Gasteiger partial charge in [-0.3, -0.25) is 0 Å². The fourth-order valence-corrected chi connectivity index (χ4v) is 2.99. The van der Waals surface area contributed by atoms with E-state index in [-0.39, 0.29) is 0 Å². The summed E-state index contributed by atoms with van der Waals surface area (Å²) in [6, 6.07) is 2.56. The SMILES string of the molecule is N#CC(C1CCCC1)C1CCOCC1. The first kappa shape index (κ1) is 9.98. The molecule has 2 rings (SSSR count). The van der Waals surface area contributed by atoms with Crippen LogP contribution in [0.5, 0.6) is 0 Å². The minimum atomic E-state index is 0.321. The Kier molecular flexibility index (Phi) is 3.42. The molecule has 2 aliphatic rings. The number of nitriles is 1. The standard InChI is InChI=1S/C12H19NO/c13-9-12(10-3-1-2-4-10)11-5-7-14-8-6-11/h10-12H,1-8H2. The predicted octanol–water partition coefficient (Wildman–Crippen LogP) is 2.74. The number of nitrogens with zero attached hydrogens (tertiary/aromatic N) is 1. The van der Waals surface area contributed by atoms with Gasteiger partial charge >= 0.3 is 0 Å². The van der Waals surface area contributed by atoms with Gasteiger partial charge in [0, 0.05) is 13.2 Å². The van der Waals surface area contributed by atoms with Crippen molar-refractivity contribution in [2.24, 2.45) is 17.8 Å². The fraction of sp³-hybridized carbons (Fsp3) is 0.917. The van der Waals surface area contributed by atoms with Crippen molar-refractivity contribution in [3.63, 3.8) is 0 Å². The van der Waals surface area contributed by atoms with E-state index in [1.54, 1.807) is 0 Å². The Morgan fingerprint density at radius 1 is 1.00 bits per heavy atom. The van der Waals surface area contributed by atoms with Crippen LogP contribution in [0.1, 0.15) is 38.5 Å². The first-order valence-corrected chi connectivity index (χ1v) is 5.89. The van der Waals surface area contributed by atoms with E-state index in [1.165, 1.54) is 25.7 Å². The Labute approximate surface area is 86.2 Å². The van der Waals surface area contributed by atoms with Gasteiger partial charge in [-0.2, -0.15) is 5.26 Å². The fourth-order valence-electron chi connectivity index (χ4n) is 2.99. The van der Waals surface area contributed by atoms with Crippen molar-refractivity contribution in [3.05, 3.63) is 0 Å². The van der Waals surface area contributed by atoms with Gasteiger partial charge in [0.05, 0.1) is 12.0 Å². The second-order valence-corrected chi connectivity index (χ2v) is 4.65. The maximum Gasteiger partial charge on any atom is 0.0661 e. The molecular weight excluding hydrogens is 174 g/mol. The molecule has 0 spiro atoms. The molecule has 0 radical (unpaired) electrons. The van der Waals surface area contributed by atoms with Crippen molar-refractivity contribution in [3.8, 4) is 6.07 Å². The van der Waals surface area contributed by atoms with Crippen molar-refractivity contribution in [2.45, 2.75) is 38.5 Å². The molecule has 14 heavy (non-hydrogen) atoms. The zero-order valence-corrected chi connectivity index (χ0v) is 8.74. The van der Waals surface area contributed by atoms with Gasteiger partial charge in [-0.1, -0.05) is 12.8 Å². The van der Waals surface area contributed by atoms with E-state index in [0.29, 0.717) is 17.8 Å². The van der Waals surface area contributed by atoms with Gasteiger partial charge < -0.3 is 4.74 Å². The predicted molar refractivity (Wildman–Crippen MR) is 54.6 cm³/mol. The van der Waals surface area contributed by atoms with Crippen LogP contribution >= 0.6 is 0 Å². The Morgan fingerprint density at radius 3 is 2.14 bits per heavy atom. The first-order valence-electron chi connectivity index (χ1n) is 5.89. The molecule has 2 nitrogen and oxygen atoms in total. The Hall–Kier alpha value is -0.550. The summed E-state index contributed by atoms with van der Waals surface area (Å²) >= 11 is 0. The molecule has 0 bridgehead atoms. The van der Waals surface area contributed by atoms with Gasteiger partial charge in [0.2, 0.25) is 0 Å². The van der Waals surface area contributed by atoms with Crippen molar-refractivity contribution < 1.29 is 4.74 Å². The molecule has 1 atom stereocenters. The molecule has 78 valence electrons. The summed E-state index contributed by atoms with van der Waals surface area (Å²) in [5.41, 5.74) is 0. The second-order valence-electron chi connectivity index (χ2n) is 4.65. The lowest BCUT2D eigenvalue weighted by atomic mass is 9.78. The number of ether oxygens (including phenoxy) is 1. The zero-order chi connectivity index (χ0) is 9.80. The molecule has 2 fully saturated rings. The summed E-state index contributed by atoms with van der Waals surface area (Å²) in [7, 11) is 0. The Morgan fingerprint density at radius 2 is 1.57 bits per heavy atom. The van der Waals surface area contributed by atoms with Crippen LogP contribution in [0, 0.1) is 29.1 Å². The third-order valence-corrected chi connectivity index (χ3v) is 3.83. The third kappa shape index (κ3) is 2.09. The first-order chi connectivity index (χ1) is 6.92. The smallest absolute Gasteiger partial charge is 0.0661 e. The topological polar surface area (TPSA) is 33.0 Å². The van der Waals surface area contributed by atoms with Gasteiger partial charge in [0.15, 0.2) is 0 Å². The van der Waals surface area contributed by atoms with Crippen molar-refractivity contribution >= 4 is 0 Å². The Balaban J connectivity index is 1.93. The van der Waals surface area contributed by atoms with E-state index in [1.807, 2.05) is 0 Å². The molecule has 1 aliphatic carbocycles. The molecule has 1 heterocycles. The molecule has 1 aliphatic heterocycles. The number of rotatable bonds is 2. The minimum Gasteiger partial charge on any atom is -0.381 e. The van der Waals surface area contributed by atoms with E-state index in [9.17, 15) is 5.26 Å². The van der Waals surface area contributed by atoms with Crippen LogP contribution in [0.4, 0.5) is 0 Å². The van der Waals surface area contributed by atoms with Crippen LogP contribution in [-0.4, -0.2) is 13.2 Å². The van der Waals surface area contributed by atoms with E-state index in [4.69, 9.17) is 4.74 Å². The van der Waals surface area contributed by atoms with Crippen LogP contribution in [0.15, 0.2) is 0 Å². The van der Waals surface area contributed by atoms with Crippen molar-refractivity contribution in [1.82, 2.24) is 0 Å². The summed E-state index contributed by atoms with van der Waals surface area (Å²) in [6.07, 6.45) is 7.47. The zero-order valence-electron chi connectivity index (χ0n) is 8.74. The number of hydrogen-bond donors (Lipinski definition) is 0. The largest absolute Gasteiger partial charge is 0.381 e. The van der Waals surface area contributed by atoms with Crippen molar-refractivity contribution in [2.75, 3.05) is 13.2 Å². The van der Waals surface area contributed by atoms with Gasteiger partial charge in [-0.15, -0.1) is 0 Å². The van der Waals surface area contributed by atoms with Crippen LogP contribution in [-0.2, 0) is 4.74 Å². The maximum atomic E-state index is 9.25. The monoisotopic (exact) mass is 193 g/mol.